The molecule has 4 N–H and O–H groups in total. The minimum atomic E-state index is -1.48. The topological polar surface area (TPSA) is 116 Å². The van der Waals surface area contributed by atoms with E-state index in [4.69, 9.17) is 10.2 Å². The van der Waals surface area contributed by atoms with Crippen molar-refractivity contribution in [1.29, 1.82) is 0 Å². The van der Waals surface area contributed by atoms with Crippen LogP contribution in [0.5, 0.6) is 0 Å². The lowest BCUT2D eigenvalue weighted by Crippen LogP contribution is -2.44. The van der Waals surface area contributed by atoms with Crippen LogP contribution < -0.4 is 10.6 Å². The van der Waals surface area contributed by atoms with Crippen molar-refractivity contribution in [2.45, 2.75) is 12.5 Å². The van der Waals surface area contributed by atoms with Crippen LogP contribution in [-0.2, 0) is 9.59 Å². The van der Waals surface area contributed by atoms with Gasteiger partial charge in [-0.25, -0.2) is 9.59 Å². The number of rotatable bonds is 5. The van der Waals surface area contributed by atoms with Crippen molar-refractivity contribution in [3.05, 3.63) is 29.6 Å². The zero-order chi connectivity index (χ0) is 15.4. The third-order valence-corrected chi connectivity index (χ3v) is 3.59. The predicted molar refractivity (Wildman–Crippen MR) is 77.7 cm³/mol. The van der Waals surface area contributed by atoms with Gasteiger partial charge in [-0.2, -0.15) is 0 Å². The number of carboxylic acids is 2. The first-order valence-corrected chi connectivity index (χ1v) is 6.83. The van der Waals surface area contributed by atoms with E-state index in [2.05, 4.69) is 10.6 Å². The van der Waals surface area contributed by atoms with Gasteiger partial charge in [0.1, 0.15) is 6.04 Å². The average Bonchev–Trinajstić information content (AvgIpc) is 2.84. The molecule has 0 aliphatic rings. The number of hydrogen-bond acceptors (Lipinski definition) is 4. The fourth-order valence-electron chi connectivity index (χ4n) is 1.74. The molecule has 0 saturated heterocycles. The zero-order valence-electron chi connectivity index (χ0n) is 10.7. The van der Waals surface area contributed by atoms with E-state index in [9.17, 15) is 14.4 Å². The highest BCUT2D eigenvalue weighted by atomic mass is 32.1. The first-order valence-electron chi connectivity index (χ1n) is 5.95. The van der Waals surface area contributed by atoms with E-state index < -0.39 is 30.4 Å². The van der Waals surface area contributed by atoms with Gasteiger partial charge in [0.15, 0.2) is 0 Å². The summed E-state index contributed by atoms with van der Waals surface area (Å²) in [7, 11) is 0. The molecule has 0 aliphatic heterocycles. The van der Waals surface area contributed by atoms with Crippen LogP contribution in [-0.4, -0.2) is 34.2 Å². The van der Waals surface area contributed by atoms with Gasteiger partial charge < -0.3 is 20.8 Å². The Labute approximate surface area is 123 Å². The summed E-state index contributed by atoms with van der Waals surface area (Å²) >= 11 is 1.56. The lowest BCUT2D eigenvalue weighted by atomic mass is 10.2. The predicted octanol–water partition coefficient (Wildman–Crippen LogP) is 1.95. The first kappa shape index (κ1) is 14.8. The highest BCUT2D eigenvalue weighted by Crippen LogP contribution is 2.23. The van der Waals surface area contributed by atoms with Gasteiger partial charge in [-0.05, 0) is 35.0 Å². The highest BCUT2D eigenvalue weighted by molar-refractivity contribution is 7.17. The normalized spacial score (nSPS) is 11.8. The molecular formula is C13H12N2O5S. The Morgan fingerprint density at radius 1 is 1.19 bits per heavy atom. The summed E-state index contributed by atoms with van der Waals surface area (Å²) in [5, 5.41) is 24.9. The first-order chi connectivity index (χ1) is 9.95. The highest BCUT2D eigenvalue weighted by Gasteiger charge is 2.22. The van der Waals surface area contributed by atoms with Crippen LogP contribution in [0.15, 0.2) is 29.6 Å². The number of anilines is 1. The standard InChI is InChI=1S/C13H12N2O5S/c16-11(17)6-9(12(18)19)15-13(20)14-8-1-2-10-7(5-8)3-4-21-10/h1-5,9H,6H2,(H,16,17)(H,18,19)(H2,14,15,20)/t9-/m1/s1. The second-order valence-electron chi connectivity index (χ2n) is 4.26. The fourth-order valence-corrected chi connectivity index (χ4v) is 2.52. The molecule has 0 aliphatic carbocycles. The molecule has 0 saturated carbocycles. The van der Waals surface area contributed by atoms with Crippen molar-refractivity contribution >= 4 is 45.1 Å². The lowest BCUT2D eigenvalue weighted by Gasteiger charge is -2.13. The summed E-state index contributed by atoms with van der Waals surface area (Å²) in [5.74, 6) is -2.71. The number of nitrogens with one attached hydrogen (secondary N) is 2. The number of urea groups is 1. The summed E-state index contributed by atoms with van der Waals surface area (Å²) < 4.78 is 1.07. The van der Waals surface area contributed by atoms with Crippen LogP contribution in [0.1, 0.15) is 6.42 Å². The molecule has 0 fully saturated rings. The summed E-state index contributed by atoms with van der Waals surface area (Å²) in [6.07, 6.45) is -0.688. The molecule has 1 heterocycles. The fraction of sp³-hybridized carbons (Fsp3) is 0.154. The number of amides is 2. The van der Waals surface area contributed by atoms with Crippen LogP contribution in [0.3, 0.4) is 0 Å². The molecule has 21 heavy (non-hydrogen) atoms. The second-order valence-corrected chi connectivity index (χ2v) is 5.21. The quantitative estimate of drug-likeness (QED) is 0.674. The van der Waals surface area contributed by atoms with Crippen molar-refractivity contribution in [2.75, 3.05) is 5.32 Å². The maximum Gasteiger partial charge on any atom is 0.326 e. The molecule has 0 radical (unpaired) electrons. The minimum absolute atomic E-state index is 0.498. The van der Waals surface area contributed by atoms with E-state index in [-0.39, 0.29) is 0 Å². The summed E-state index contributed by atoms with van der Waals surface area (Å²) in [4.78, 5) is 33.1. The van der Waals surface area contributed by atoms with E-state index in [1.807, 2.05) is 17.5 Å². The maximum absolute atomic E-state index is 11.7. The van der Waals surface area contributed by atoms with Crippen molar-refractivity contribution < 1.29 is 24.6 Å². The van der Waals surface area contributed by atoms with Gasteiger partial charge in [-0.1, -0.05) is 0 Å². The smallest absolute Gasteiger partial charge is 0.326 e. The molecular weight excluding hydrogens is 296 g/mol. The van der Waals surface area contributed by atoms with Gasteiger partial charge in [0.05, 0.1) is 6.42 Å². The van der Waals surface area contributed by atoms with Crippen LogP contribution in [0.25, 0.3) is 10.1 Å². The monoisotopic (exact) mass is 308 g/mol. The average molecular weight is 308 g/mol. The van der Waals surface area contributed by atoms with E-state index in [1.54, 1.807) is 23.5 Å². The largest absolute Gasteiger partial charge is 0.481 e. The molecule has 1 aromatic heterocycles. The summed E-state index contributed by atoms with van der Waals surface area (Å²) in [5.41, 5.74) is 0.498. The van der Waals surface area contributed by atoms with Crippen molar-refractivity contribution in [1.82, 2.24) is 5.32 Å². The van der Waals surface area contributed by atoms with Crippen LogP contribution in [0, 0.1) is 0 Å². The van der Waals surface area contributed by atoms with E-state index in [1.165, 1.54) is 0 Å². The number of benzene rings is 1. The van der Waals surface area contributed by atoms with Gasteiger partial charge >= 0.3 is 18.0 Å². The Bertz CT molecular complexity index is 697. The van der Waals surface area contributed by atoms with Gasteiger partial charge in [-0.3, -0.25) is 4.79 Å². The Balaban J connectivity index is 2.02. The van der Waals surface area contributed by atoms with Crippen molar-refractivity contribution in [3.63, 3.8) is 0 Å². The number of hydrogen-bond donors (Lipinski definition) is 4. The molecule has 2 amide bonds. The molecule has 2 aromatic rings. The number of aliphatic carboxylic acids is 2. The summed E-state index contributed by atoms with van der Waals surface area (Å²) in [6, 6.07) is 4.92. The molecule has 0 bridgehead atoms. The van der Waals surface area contributed by atoms with E-state index in [0.717, 1.165) is 10.1 Å². The number of fused-ring (bicyclic) bond motifs is 1. The Morgan fingerprint density at radius 2 is 1.95 bits per heavy atom. The van der Waals surface area contributed by atoms with Gasteiger partial charge in [0, 0.05) is 10.4 Å². The molecule has 1 atom stereocenters. The molecule has 1 aromatic carbocycles. The minimum Gasteiger partial charge on any atom is -0.481 e. The molecule has 7 nitrogen and oxygen atoms in total. The molecule has 8 heteroatoms. The van der Waals surface area contributed by atoms with E-state index in [0.29, 0.717) is 5.69 Å². The molecule has 0 spiro atoms. The molecule has 0 unspecified atom stereocenters. The number of carbonyl (C=O) groups is 3. The number of carboxylic acid groups (broad SMARTS) is 2. The van der Waals surface area contributed by atoms with Crippen LogP contribution in [0.2, 0.25) is 0 Å². The van der Waals surface area contributed by atoms with Crippen LogP contribution in [0.4, 0.5) is 10.5 Å². The van der Waals surface area contributed by atoms with Gasteiger partial charge in [0.25, 0.3) is 0 Å². The summed E-state index contributed by atoms with van der Waals surface area (Å²) in [6.45, 7) is 0. The molecule has 110 valence electrons. The maximum atomic E-state index is 11.7. The third-order valence-electron chi connectivity index (χ3n) is 2.69. The van der Waals surface area contributed by atoms with Gasteiger partial charge in [0.2, 0.25) is 0 Å². The van der Waals surface area contributed by atoms with Gasteiger partial charge in [-0.15, -0.1) is 11.3 Å². The number of thiophene rings is 1. The van der Waals surface area contributed by atoms with E-state index >= 15 is 0 Å². The van der Waals surface area contributed by atoms with Crippen LogP contribution >= 0.6 is 11.3 Å². The molecule has 2 rings (SSSR count). The third kappa shape index (κ3) is 3.93. The van der Waals surface area contributed by atoms with Crippen molar-refractivity contribution in [2.24, 2.45) is 0 Å². The zero-order valence-corrected chi connectivity index (χ0v) is 11.5. The lowest BCUT2D eigenvalue weighted by molar-refractivity contribution is -0.145. The Kier molecular flexibility index (Phi) is 4.39. The van der Waals surface area contributed by atoms with Crippen molar-refractivity contribution in [3.8, 4) is 0 Å². The second kappa shape index (κ2) is 6.23. The number of carbonyl (C=O) groups excluding carboxylic acids is 1. The Morgan fingerprint density at radius 3 is 2.62 bits per heavy atom. The Hall–Kier alpha value is -2.61. The SMILES string of the molecule is O=C(O)C[C@@H](NC(=O)Nc1ccc2sccc2c1)C(=O)O.